The quantitative estimate of drug-likeness (QED) is 0.711. The number of piperidine rings is 1. The van der Waals surface area contributed by atoms with Gasteiger partial charge in [-0.25, -0.2) is 4.52 Å². The molecule has 1 amide bonds. The fourth-order valence-corrected chi connectivity index (χ4v) is 3.81. The van der Waals surface area contributed by atoms with E-state index in [9.17, 15) is 4.79 Å². The summed E-state index contributed by atoms with van der Waals surface area (Å²) in [5, 5.41) is 4.81. The van der Waals surface area contributed by atoms with Gasteiger partial charge in [0.25, 0.3) is 5.91 Å². The molecule has 4 rings (SSSR count). The van der Waals surface area contributed by atoms with Crippen molar-refractivity contribution in [1.29, 1.82) is 0 Å². The van der Waals surface area contributed by atoms with Gasteiger partial charge >= 0.3 is 0 Å². The fraction of sp³-hybridized carbons (Fsp3) is 0.300. The Kier molecular flexibility index (Phi) is 4.45. The maximum absolute atomic E-state index is 12.8. The molecule has 3 aromatic rings. The smallest absolute Gasteiger partial charge is 0.275 e. The molecule has 0 N–H and O–H groups in total. The second-order valence-corrected chi connectivity index (χ2v) is 7.00. The van der Waals surface area contributed by atoms with Crippen LogP contribution in [0.3, 0.4) is 0 Å². The first kappa shape index (κ1) is 16.2. The molecule has 0 spiro atoms. The van der Waals surface area contributed by atoms with Gasteiger partial charge in [-0.3, -0.25) is 4.79 Å². The maximum Gasteiger partial charge on any atom is 0.275 e. The molecule has 4 nitrogen and oxygen atoms in total. The Morgan fingerprint density at radius 3 is 2.52 bits per heavy atom. The van der Waals surface area contributed by atoms with E-state index in [0.29, 0.717) is 16.6 Å². The summed E-state index contributed by atoms with van der Waals surface area (Å²) < 4.78 is 1.66. The van der Waals surface area contributed by atoms with Crippen molar-refractivity contribution in [2.45, 2.75) is 19.3 Å². The molecule has 1 aliphatic heterocycles. The molecule has 0 radical (unpaired) electrons. The van der Waals surface area contributed by atoms with E-state index in [-0.39, 0.29) is 5.91 Å². The van der Waals surface area contributed by atoms with E-state index < -0.39 is 0 Å². The monoisotopic (exact) mass is 353 g/mol. The van der Waals surface area contributed by atoms with Gasteiger partial charge < -0.3 is 4.90 Å². The number of pyridine rings is 1. The van der Waals surface area contributed by atoms with Crippen molar-refractivity contribution in [3.05, 3.63) is 71.0 Å². The Hall–Kier alpha value is -2.33. The third-order valence-corrected chi connectivity index (χ3v) is 5.32. The van der Waals surface area contributed by atoms with E-state index in [4.69, 9.17) is 11.6 Å². The molecule has 25 heavy (non-hydrogen) atoms. The Balaban J connectivity index is 1.43. The lowest BCUT2D eigenvalue weighted by Crippen LogP contribution is -2.39. The zero-order valence-corrected chi connectivity index (χ0v) is 14.7. The second kappa shape index (κ2) is 6.89. The van der Waals surface area contributed by atoms with Crippen molar-refractivity contribution in [1.82, 2.24) is 14.5 Å². The van der Waals surface area contributed by atoms with Gasteiger partial charge in [0.1, 0.15) is 0 Å². The zero-order chi connectivity index (χ0) is 17.2. The Labute approximate surface area is 152 Å². The summed E-state index contributed by atoms with van der Waals surface area (Å²) in [5.74, 6) is 0.565. The summed E-state index contributed by atoms with van der Waals surface area (Å²) >= 11 is 6.38. The minimum absolute atomic E-state index is 0.0631. The normalized spacial score (nSPS) is 15.6. The molecule has 0 aliphatic carbocycles. The Morgan fingerprint density at radius 1 is 1.08 bits per heavy atom. The average Bonchev–Trinajstić information content (AvgIpc) is 3.00. The number of nitrogens with zero attached hydrogens (tertiary/aromatic N) is 3. The van der Waals surface area contributed by atoms with Crippen molar-refractivity contribution in [3.63, 3.8) is 0 Å². The van der Waals surface area contributed by atoms with Crippen LogP contribution < -0.4 is 0 Å². The van der Waals surface area contributed by atoms with Crippen LogP contribution >= 0.6 is 11.6 Å². The molecule has 5 heteroatoms. The van der Waals surface area contributed by atoms with Crippen molar-refractivity contribution >= 4 is 23.0 Å². The minimum Gasteiger partial charge on any atom is -0.337 e. The van der Waals surface area contributed by atoms with Crippen LogP contribution in [-0.2, 0) is 6.42 Å². The number of rotatable bonds is 3. The van der Waals surface area contributed by atoms with E-state index in [1.54, 1.807) is 4.52 Å². The molecule has 0 bridgehead atoms. The molecular formula is C20H20ClN3O. The lowest BCUT2D eigenvalue weighted by molar-refractivity contribution is 0.0684. The first-order valence-electron chi connectivity index (χ1n) is 8.68. The second-order valence-electron chi connectivity index (χ2n) is 6.62. The van der Waals surface area contributed by atoms with Crippen LogP contribution in [-0.4, -0.2) is 33.5 Å². The summed E-state index contributed by atoms with van der Waals surface area (Å²) in [7, 11) is 0. The number of hydrogen-bond donors (Lipinski definition) is 0. The third kappa shape index (κ3) is 3.27. The number of halogens is 1. The van der Waals surface area contributed by atoms with Crippen LogP contribution in [0.2, 0.25) is 5.02 Å². The first-order valence-corrected chi connectivity index (χ1v) is 9.06. The van der Waals surface area contributed by atoms with Gasteiger partial charge in [-0.05, 0) is 42.9 Å². The van der Waals surface area contributed by atoms with E-state index in [1.807, 2.05) is 35.4 Å². The number of carbonyl (C=O) groups excluding carboxylic acids is 1. The van der Waals surface area contributed by atoms with Crippen LogP contribution in [0.25, 0.3) is 5.52 Å². The molecule has 0 unspecified atom stereocenters. The molecule has 1 fully saturated rings. The molecule has 2 aromatic heterocycles. The number of fused-ring (bicyclic) bond motifs is 1. The molecule has 0 atom stereocenters. The van der Waals surface area contributed by atoms with Crippen molar-refractivity contribution in [2.24, 2.45) is 5.92 Å². The van der Waals surface area contributed by atoms with Gasteiger partial charge in [0.05, 0.1) is 10.5 Å². The summed E-state index contributed by atoms with van der Waals surface area (Å²) in [6, 6.07) is 16.2. The SMILES string of the molecule is O=C(c1nn2ccccc2c1Cl)N1CCC(Cc2ccccc2)CC1. The highest BCUT2D eigenvalue weighted by Crippen LogP contribution is 2.26. The number of hydrogen-bond acceptors (Lipinski definition) is 2. The molecule has 1 aliphatic rings. The van der Waals surface area contributed by atoms with E-state index in [1.165, 1.54) is 5.56 Å². The third-order valence-electron chi connectivity index (χ3n) is 4.95. The van der Waals surface area contributed by atoms with E-state index >= 15 is 0 Å². The topological polar surface area (TPSA) is 37.6 Å². The van der Waals surface area contributed by atoms with Gasteiger partial charge in [0.15, 0.2) is 5.69 Å². The highest BCUT2D eigenvalue weighted by Gasteiger charge is 2.27. The highest BCUT2D eigenvalue weighted by atomic mass is 35.5. The summed E-state index contributed by atoms with van der Waals surface area (Å²) in [6.07, 6.45) is 4.93. The average molecular weight is 354 g/mol. The summed E-state index contributed by atoms with van der Waals surface area (Å²) in [6.45, 7) is 1.53. The van der Waals surface area contributed by atoms with Gasteiger partial charge in [-0.2, -0.15) is 5.10 Å². The predicted molar refractivity (Wildman–Crippen MR) is 99.0 cm³/mol. The van der Waals surface area contributed by atoms with E-state index in [2.05, 4.69) is 29.4 Å². The Bertz CT molecular complexity index is 882. The van der Waals surface area contributed by atoms with Gasteiger partial charge in [0, 0.05) is 19.3 Å². The number of aromatic nitrogens is 2. The van der Waals surface area contributed by atoms with Crippen LogP contribution in [0.5, 0.6) is 0 Å². The molecule has 1 aromatic carbocycles. The summed E-state index contributed by atoms with van der Waals surface area (Å²) in [4.78, 5) is 14.7. The van der Waals surface area contributed by atoms with Gasteiger partial charge in [-0.1, -0.05) is 48.0 Å². The van der Waals surface area contributed by atoms with Crippen LogP contribution in [0.4, 0.5) is 0 Å². The number of carbonyl (C=O) groups is 1. The molecular weight excluding hydrogens is 334 g/mol. The predicted octanol–water partition coefficient (Wildman–Crippen LogP) is 4.08. The highest BCUT2D eigenvalue weighted by molar-refractivity contribution is 6.36. The van der Waals surface area contributed by atoms with Crippen molar-refractivity contribution in [3.8, 4) is 0 Å². The van der Waals surface area contributed by atoms with Crippen molar-refractivity contribution < 1.29 is 4.79 Å². The number of amides is 1. The Morgan fingerprint density at radius 2 is 1.80 bits per heavy atom. The minimum atomic E-state index is -0.0631. The molecule has 3 heterocycles. The molecule has 1 saturated heterocycles. The molecule has 0 saturated carbocycles. The lowest BCUT2D eigenvalue weighted by atomic mass is 9.90. The van der Waals surface area contributed by atoms with E-state index in [0.717, 1.165) is 37.9 Å². The largest absolute Gasteiger partial charge is 0.337 e. The van der Waals surface area contributed by atoms with Crippen LogP contribution in [0.15, 0.2) is 54.7 Å². The van der Waals surface area contributed by atoms with Gasteiger partial charge in [-0.15, -0.1) is 0 Å². The van der Waals surface area contributed by atoms with Crippen LogP contribution in [0.1, 0.15) is 28.9 Å². The maximum atomic E-state index is 12.8. The number of likely N-dealkylation sites (tertiary alicyclic amines) is 1. The zero-order valence-electron chi connectivity index (χ0n) is 13.9. The van der Waals surface area contributed by atoms with Gasteiger partial charge in [0.2, 0.25) is 0 Å². The first-order chi connectivity index (χ1) is 12.2. The number of benzene rings is 1. The molecule has 128 valence electrons. The van der Waals surface area contributed by atoms with Crippen molar-refractivity contribution in [2.75, 3.05) is 13.1 Å². The lowest BCUT2D eigenvalue weighted by Gasteiger charge is -2.31. The standard InChI is InChI=1S/C20H20ClN3O/c21-18-17-8-4-5-11-24(17)22-19(18)20(25)23-12-9-16(10-13-23)14-15-6-2-1-3-7-15/h1-8,11,16H,9-10,12-14H2. The van der Waals surface area contributed by atoms with Crippen LogP contribution in [0, 0.1) is 5.92 Å². The summed E-state index contributed by atoms with van der Waals surface area (Å²) in [5.41, 5.74) is 2.50. The fourth-order valence-electron chi connectivity index (χ4n) is 3.54.